The number of likely N-dealkylation sites (tertiary alicyclic amines) is 1. The van der Waals surface area contributed by atoms with Crippen LogP contribution in [0.2, 0.25) is 0 Å². The van der Waals surface area contributed by atoms with Gasteiger partial charge in [0.15, 0.2) is 0 Å². The number of halogens is 1. The van der Waals surface area contributed by atoms with Gasteiger partial charge < -0.3 is 10.2 Å². The number of aromatic nitrogens is 2. The van der Waals surface area contributed by atoms with Crippen molar-refractivity contribution in [1.29, 1.82) is 0 Å². The molecule has 0 bridgehead atoms. The standard InChI is InChI=1S/C27H31FN4O2/c28-24-6-5-20(17-25-21-3-1-2-4-22(21)26(33)31-30-25)16-23(24)27(34)32-13-9-19(10-14-32)15-18-7-11-29-12-8-18/h1-6,16,18-19,29H,7-15,17H2,(H,31,33). The summed E-state index contributed by atoms with van der Waals surface area (Å²) in [4.78, 5) is 27.1. The van der Waals surface area contributed by atoms with Crippen LogP contribution in [0.25, 0.3) is 10.8 Å². The highest BCUT2D eigenvalue weighted by molar-refractivity contribution is 5.94. The van der Waals surface area contributed by atoms with Crippen molar-refractivity contribution in [3.05, 3.63) is 75.5 Å². The first kappa shape index (κ1) is 22.7. The average Bonchev–Trinajstić information content (AvgIpc) is 2.88. The van der Waals surface area contributed by atoms with Gasteiger partial charge in [0.1, 0.15) is 5.82 Å². The fourth-order valence-electron chi connectivity index (χ4n) is 5.48. The van der Waals surface area contributed by atoms with Gasteiger partial charge in [0.2, 0.25) is 0 Å². The fraction of sp³-hybridized carbons (Fsp3) is 0.444. The quantitative estimate of drug-likeness (QED) is 0.603. The Morgan fingerprint density at radius 1 is 1.00 bits per heavy atom. The minimum Gasteiger partial charge on any atom is -0.339 e. The van der Waals surface area contributed by atoms with Crippen LogP contribution in [0.5, 0.6) is 0 Å². The molecule has 3 heterocycles. The number of hydrogen-bond donors (Lipinski definition) is 2. The molecule has 0 radical (unpaired) electrons. The molecule has 6 nitrogen and oxygen atoms in total. The molecule has 178 valence electrons. The third-order valence-electron chi connectivity index (χ3n) is 7.43. The van der Waals surface area contributed by atoms with E-state index >= 15 is 0 Å². The first-order valence-electron chi connectivity index (χ1n) is 12.3. The number of hydrogen-bond acceptors (Lipinski definition) is 4. The van der Waals surface area contributed by atoms with Crippen molar-refractivity contribution in [2.45, 2.75) is 38.5 Å². The third-order valence-corrected chi connectivity index (χ3v) is 7.43. The van der Waals surface area contributed by atoms with E-state index in [-0.39, 0.29) is 17.0 Å². The van der Waals surface area contributed by atoms with E-state index in [1.807, 2.05) is 18.2 Å². The number of H-pyrrole nitrogens is 1. The summed E-state index contributed by atoms with van der Waals surface area (Å²) < 4.78 is 14.7. The molecular weight excluding hydrogens is 431 g/mol. The Labute approximate surface area is 198 Å². The van der Waals surface area contributed by atoms with Gasteiger partial charge in [0, 0.05) is 24.9 Å². The Kier molecular flexibility index (Phi) is 6.72. The van der Waals surface area contributed by atoms with Crippen LogP contribution in [0.15, 0.2) is 47.3 Å². The van der Waals surface area contributed by atoms with Crippen molar-refractivity contribution in [3.63, 3.8) is 0 Å². The molecule has 0 unspecified atom stereocenters. The van der Waals surface area contributed by atoms with Gasteiger partial charge in [-0.2, -0.15) is 5.10 Å². The number of nitrogens with one attached hydrogen (secondary N) is 2. The Morgan fingerprint density at radius 3 is 2.47 bits per heavy atom. The predicted molar refractivity (Wildman–Crippen MR) is 130 cm³/mol. The zero-order valence-electron chi connectivity index (χ0n) is 19.4. The van der Waals surface area contributed by atoms with E-state index < -0.39 is 5.82 Å². The van der Waals surface area contributed by atoms with Gasteiger partial charge in [-0.3, -0.25) is 9.59 Å². The largest absolute Gasteiger partial charge is 0.339 e. The van der Waals surface area contributed by atoms with Crippen molar-refractivity contribution >= 4 is 16.7 Å². The van der Waals surface area contributed by atoms with Crippen molar-refractivity contribution < 1.29 is 9.18 Å². The monoisotopic (exact) mass is 462 g/mol. The molecule has 0 spiro atoms. The molecule has 1 amide bonds. The van der Waals surface area contributed by atoms with E-state index in [0.29, 0.717) is 36.5 Å². The zero-order valence-corrected chi connectivity index (χ0v) is 19.4. The lowest BCUT2D eigenvalue weighted by molar-refractivity contribution is 0.0671. The van der Waals surface area contributed by atoms with Gasteiger partial charge in [0.05, 0.1) is 16.6 Å². The smallest absolute Gasteiger partial charge is 0.272 e. The van der Waals surface area contributed by atoms with Gasteiger partial charge in [-0.25, -0.2) is 9.49 Å². The van der Waals surface area contributed by atoms with Crippen molar-refractivity contribution in [2.24, 2.45) is 11.8 Å². The van der Waals surface area contributed by atoms with E-state index in [4.69, 9.17) is 0 Å². The van der Waals surface area contributed by atoms with E-state index in [2.05, 4.69) is 15.5 Å². The molecule has 5 rings (SSSR count). The van der Waals surface area contributed by atoms with Crippen LogP contribution in [0, 0.1) is 17.7 Å². The van der Waals surface area contributed by atoms with Crippen molar-refractivity contribution in [3.8, 4) is 0 Å². The highest BCUT2D eigenvalue weighted by Gasteiger charge is 2.27. The molecule has 2 saturated heterocycles. The number of piperidine rings is 2. The average molecular weight is 463 g/mol. The summed E-state index contributed by atoms with van der Waals surface area (Å²) in [7, 11) is 0. The molecule has 3 aromatic rings. The topological polar surface area (TPSA) is 78.1 Å². The fourth-order valence-corrected chi connectivity index (χ4v) is 5.48. The Hall–Kier alpha value is -3.06. The van der Waals surface area contributed by atoms with Crippen LogP contribution in [-0.2, 0) is 6.42 Å². The van der Waals surface area contributed by atoms with Gasteiger partial charge in [-0.15, -0.1) is 0 Å². The van der Waals surface area contributed by atoms with Gasteiger partial charge in [0.25, 0.3) is 11.5 Å². The SMILES string of the molecule is O=C(c1cc(Cc2n[nH]c(=O)c3ccccc23)ccc1F)N1CCC(CC2CCNCC2)CC1. The highest BCUT2D eigenvalue weighted by atomic mass is 19.1. The molecule has 2 N–H and O–H groups in total. The number of nitrogens with zero attached hydrogens (tertiary/aromatic N) is 2. The molecule has 7 heteroatoms. The van der Waals surface area contributed by atoms with Gasteiger partial charge >= 0.3 is 0 Å². The Morgan fingerprint density at radius 2 is 1.71 bits per heavy atom. The molecule has 2 fully saturated rings. The number of carbonyl (C=O) groups excluding carboxylic acids is 1. The molecule has 1 aromatic heterocycles. The third kappa shape index (κ3) is 4.89. The van der Waals surface area contributed by atoms with Crippen LogP contribution in [-0.4, -0.2) is 47.2 Å². The van der Waals surface area contributed by atoms with Crippen LogP contribution in [0.4, 0.5) is 4.39 Å². The maximum Gasteiger partial charge on any atom is 0.272 e. The Balaban J connectivity index is 1.27. The molecule has 34 heavy (non-hydrogen) atoms. The summed E-state index contributed by atoms with van der Waals surface area (Å²) in [6.45, 7) is 3.60. The second kappa shape index (κ2) is 10.1. The lowest BCUT2D eigenvalue weighted by Crippen LogP contribution is -2.39. The van der Waals surface area contributed by atoms with E-state index in [9.17, 15) is 14.0 Å². The molecule has 0 aliphatic carbocycles. The van der Waals surface area contributed by atoms with Crippen molar-refractivity contribution in [1.82, 2.24) is 20.4 Å². The Bertz CT molecular complexity index is 1230. The van der Waals surface area contributed by atoms with Crippen molar-refractivity contribution in [2.75, 3.05) is 26.2 Å². The van der Waals surface area contributed by atoms with Crippen LogP contribution >= 0.6 is 0 Å². The number of carbonyl (C=O) groups is 1. The maximum absolute atomic E-state index is 14.7. The summed E-state index contributed by atoms with van der Waals surface area (Å²) in [5.74, 6) is 0.715. The maximum atomic E-state index is 14.7. The molecule has 0 saturated carbocycles. The van der Waals surface area contributed by atoms with Crippen LogP contribution < -0.4 is 10.9 Å². The molecule has 0 atom stereocenters. The second-order valence-corrected chi connectivity index (χ2v) is 9.70. The summed E-state index contributed by atoms with van der Waals surface area (Å²) in [5, 5.41) is 11.5. The van der Waals surface area contributed by atoms with Gasteiger partial charge in [-0.05, 0) is 80.8 Å². The molecule has 2 aliphatic heterocycles. The first-order chi connectivity index (χ1) is 16.6. The lowest BCUT2D eigenvalue weighted by atomic mass is 9.83. The summed E-state index contributed by atoms with van der Waals surface area (Å²) in [6, 6.07) is 12.0. The van der Waals surface area contributed by atoms with E-state index in [1.54, 1.807) is 23.1 Å². The van der Waals surface area contributed by atoms with Gasteiger partial charge in [-0.1, -0.05) is 24.3 Å². The summed E-state index contributed by atoms with van der Waals surface area (Å²) in [6.07, 6.45) is 6.12. The normalized spacial score (nSPS) is 17.9. The number of fused-ring (bicyclic) bond motifs is 1. The van der Waals surface area contributed by atoms with E-state index in [1.165, 1.54) is 25.3 Å². The number of rotatable bonds is 5. The predicted octanol–water partition coefficient (Wildman–Crippen LogP) is 3.89. The molecular formula is C27H31FN4O2. The van der Waals surface area contributed by atoms with Crippen LogP contribution in [0.3, 0.4) is 0 Å². The first-order valence-corrected chi connectivity index (χ1v) is 12.3. The minimum absolute atomic E-state index is 0.114. The highest BCUT2D eigenvalue weighted by Crippen LogP contribution is 2.29. The molecule has 2 aromatic carbocycles. The summed E-state index contributed by atoms with van der Waals surface area (Å²) in [5.41, 5.74) is 1.36. The summed E-state index contributed by atoms with van der Waals surface area (Å²) >= 11 is 0. The minimum atomic E-state index is -0.495. The second-order valence-electron chi connectivity index (χ2n) is 9.70. The lowest BCUT2D eigenvalue weighted by Gasteiger charge is -2.34. The number of aromatic amines is 1. The zero-order chi connectivity index (χ0) is 23.5. The number of benzene rings is 2. The number of amides is 1. The van der Waals surface area contributed by atoms with E-state index in [0.717, 1.165) is 42.8 Å². The van der Waals surface area contributed by atoms with Crippen LogP contribution in [0.1, 0.15) is 53.7 Å². The molecule has 2 aliphatic rings.